The van der Waals surface area contributed by atoms with Gasteiger partial charge in [0.25, 0.3) is 0 Å². The zero-order valence-electron chi connectivity index (χ0n) is 13.4. The van der Waals surface area contributed by atoms with Crippen LogP contribution >= 0.6 is 0 Å². The Balaban J connectivity index is 1.52. The second kappa shape index (κ2) is 6.39. The number of carbonyl (C=O) groups is 1. The predicted octanol–water partition coefficient (Wildman–Crippen LogP) is 3.57. The molecule has 2 heterocycles. The van der Waals surface area contributed by atoms with E-state index in [4.69, 9.17) is 14.2 Å². The third-order valence-corrected chi connectivity index (χ3v) is 4.35. The minimum atomic E-state index is -0.519. The van der Waals surface area contributed by atoms with Crippen molar-refractivity contribution in [1.82, 2.24) is 0 Å². The van der Waals surface area contributed by atoms with Crippen LogP contribution in [-0.4, -0.2) is 25.5 Å². The molecule has 2 aliphatic rings. The van der Waals surface area contributed by atoms with E-state index in [1.54, 1.807) is 0 Å². The third-order valence-electron chi connectivity index (χ3n) is 4.35. The Hall–Kier alpha value is -1.39. The Kier molecular flexibility index (Phi) is 4.50. The molecular weight excluding hydrogens is 280 g/mol. The molecular formula is C18H24O4. The first-order valence-electron chi connectivity index (χ1n) is 8.16. The van der Waals surface area contributed by atoms with Crippen LogP contribution in [0.4, 0.5) is 0 Å². The number of fused-ring (bicyclic) bond motifs is 1. The summed E-state index contributed by atoms with van der Waals surface area (Å²) in [6.07, 6.45) is 5.22. The van der Waals surface area contributed by atoms with Gasteiger partial charge in [-0.15, -0.1) is 0 Å². The van der Waals surface area contributed by atoms with Crippen LogP contribution in [0, 0.1) is 0 Å². The van der Waals surface area contributed by atoms with Crippen molar-refractivity contribution in [2.24, 2.45) is 0 Å². The molecule has 0 aromatic heterocycles. The number of esters is 1. The molecule has 1 saturated heterocycles. The molecule has 120 valence electrons. The fourth-order valence-corrected chi connectivity index (χ4v) is 3.10. The van der Waals surface area contributed by atoms with Gasteiger partial charge in [0, 0.05) is 12.2 Å². The maximum atomic E-state index is 11.8. The van der Waals surface area contributed by atoms with E-state index in [0.717, 1.165) is 37.9 Å². The summed E-state index contributed by atoms with van der Waals surface area (Å²) in [6, 6.07) is 5.99. The van der Waals surface area contributed by atoms with Gasteiger partial charge in [-0.05, 0) is 57.6 Å². The molecule has 1 fully saturated rings. The molecule has 0 bridgehead atoms. The Labute approximate surface area is 131 Å². The van der Waals surface area contributed by atoms with Gasteiger partial charge in [-0.1, -0.05) is 12.1 Å². The van der Waals surface area contributed by atoms with Gasteiger partial charge in [-0.2, -0.15) is 0 Å². The van der Waals surface area contributed by atoms with E-state index in [1.807, 2.05) is 26.0 Å². The van der Waals surface area contributed by atoms with Crippen molar-refractivity contribution in [3.63, 3.8) is 0 Å². The van der Waals surface area contributed by atoms with Crippen LogP contribution < -0.4 is 0 Å². The summed E-state index contributed by atoms with van der Waals surface area (Å²) in [7, 11) is 0. The molecule has 22 heavy (non-hydrogen) atoms. The van der Waals surface area contributed by atoms with Crippen LogP contribution in [0.3, 0.4) is 0 Å². The van der Waals surface area contributed by atoms with Crippen LogP contribution in [0.1, 0.15) is 61.0 Å². The van der Waals surface area contributed by atoms with E-state index >= 15 is 0 Å². The lowest BCUT2D eigenvalue weighted by atomic mass is 9.93. The maximum Gasteiger partial charge on any atom is 0.339 e. The fraction of sp³-hybridized carbons (Fsp3) is 0.611. The van der Waals surface area contributed by atoms with Gasteiger partial charge < -0.3 is 14.2 Å². The van der Waals surface area contributed by atoms with E-state index in [0.29, 0.717) is 12.2 Å². The predicted molar refractivity (Wildman–Crippen MR) is 82.7 cm³/mol. The van der Waals surface area contributed by atoms with E-state index in [9.17, 15) is 4.79 Å². The topological polar surface area (TPSA) is 44.8 Å². The lowest BCUT2D eigenvalue weighted by Crippen LogP contribution is -2.22. The largest absolute Gasteiger partial charge is 0.451 e. The summed E-state index contributed by atoms with van der Waals surface area (Å²) in [4.78, 5) is 11.8. The Bertz CT molecular complexity index is 544. The number of aryl methyl sites for hydroxylation is 1. The highest BCUT2D eigenvalue weighted by Gasteiger charge is 2.37. The zero-order valence-corrected chi connectivity index (χ0v) is 13.4. The highest BCUT2D eigenvalue weighted by Crippen LogP contribution is 2.36. The minimum Gasteiger partial charge on any atom is -0.451 e. The van der Waals surface area contributed by atoms with Crippen LogP contribution in [0.15, 0.2) is 18.2 Å². The number of ether oxygens (including phenoxy) is 3. The Morgan fingerprint density at radius 3 is 2.95 bits per heavy atom. The van der Waals surface area contributed by atoms with E-state index in [2.05, 4.69) is 6.07 Å². The molecule has 1 atom stereocenters. The normalized spacial score (nSPS) is 23.2. The second-order valence-electron chi connectivity index (χ2n) is 6.55. The van der Waals surface area contributed by atoms with Crippen LogP contribution in [0.5, 0.6) is 0 Å². The molecule has 0 radical (unpaired) electrons. The molecule has 4 heteroatoms. The lowest BCUT2D eigenvalue weighted by molar-refractivity contribution is -0.162. The maximum absolute atomic E-state index is 11.8. The van der Waals surface area contributed by atoms with Crippen molar-refractivity contribution in [3.05, 3.63) is 34.9 Å². The number of cyclic esters (lactones) is 1. The van der Waals surface area contributed by atoms with Crippen LogP contribution in [0.2, 0.25) is 0 Å². The minimum absolute atomic E-state index is 0.0151. The summed E-state index contributed by atoms with van der Waals surface area (Å²) in [5.74, 6) is -0.218. The molecule has 4 nitrogen and oxygen atoms in total. The molecule has 2 aliphatic heterocycles. The number of hydrogen-bond donors (Lipinski definition) is 0. The van der Waals surface area contributed by atoms with Gasteiger partial charge >= 0.3 is 5.97 Å². The molecule has 3 rings (SSSR count). The third kappa shape index (κ3) is 3.33. The van der Waals surface area contributed by atoms with Gasteiger partial charge in [0.05, 0.1) is 12.2 Å². The smallest absolute Gasteiger partial charge is 0.339 e. The highest BCUT2D eigenvalue weighted by molar-refractivity contribution is 5.94. The van der Waals surface area contributed by atoms with Crippen molar-refractivity contribution in [2.45, 2.75) is 57.8 Å². The van der Waals surface area contributed by atoms with Crippen molar-refractivity contribution >= 4 is 5.97 Å². The van der Waals surface area contributed by atoms with E-state index < -0.39 is 5.60 Å². The molecule has 1 aromatic rings. The standard InChI is InChI=1S/C18H24O4/c1-18(2)15-12-13(8-9-14(15)17(19)22-18)6-5-11-21-16-7-3-4-10-20-16/h8-9,12,16H,3-7,10-11H2,1-2H3. The van der Waals surface area contributed by atoms with Gasteiger partial charge in [0.2, 0.25) is 0 Å². The number of benzene rings is 1. The summed E-state index contributed by atoms with van der Waals surface area (Å²) in [5.41, 5.74) is 2.39. The molecule has 0 N–H and O–H groups in total. The Morgan fingerprint density at radius 1 is 1.32 bits per heavy atom. The van der Waals surface area contributed by atoms with E-state index in [-0.39, 0.29) is 12.3 Å². The highest BCUT2D eigenvalue weighted by atomic mass is 16.7. The molecule has 0 aliphatic carbocycles. The van der Waals surface area contributed by atoms with E-state index in [1.165, 1.54) is 12.0 Å². The second-order valence-corrected chi connectivity index (χ2v) is 6.55. The SMILES string of the molecule is CC1(C)OC(=O)c2ccc(CCCOC3CCCCO3)cc21. The first-order chi connectivity index (χ1) is 10.6. The van der Waals surface area contributed by atoms with Gasteiger partial charge in [0.15, 0.2) is 6.29 Å². The first kappa shape index (κ1) is 15.5. The number of hydrogen-bond acceptors (Lipinski definition) is 4. The number of carbonyl (C=O) groups excluding carboxylic acids is 1. The fourth-order valence-electron chi connectivity index (χ4n) is 3.10. The van der Waals surface area contributed by atoms with Gasteiger partial charge in [-0.3, -0.25) is 0 Å². The molecule has 0 amide bonds. The number of rotatable bonds is 5. The monoisotopic (exact) mass is 304 g/mol. The average molecular weight is 304 g/mol. The molecule has 1 unspecified atom stereocenters. The van der Waals surface area contributed by atoms with Crippen molar-refractivity contribution < 1.29 is 19.0 Å². The van der Waals surface area contributed by atoms with Crippen molar-refractivity contribution in [2.75, 3.05) is 13.2 Å². The zero-order chi connectivity index (χ0) is 15.6. The lowest BCUT2D eigenvalue weighted by Gasteiger charge is -2.22. The quantitative estimate of drug-likeness (QED) is 0.616. The molecule has 0 saturated carbocycles. The van der Waals surface area contributed by atoms with Crippen molar-refractivity contribution in [1.29, 1.82) is 0 Å². The van der Waals surface area contributed by atoms with Crippen LogP contribution in [-0.2, 0) is 26.2 Å². The summed E-state index contributed by atoms with van der Waals surface area (Å²) in [5, 5.41) is 0. The van der Waals surface area contributed by atoms with Gasteiger partial charge in [0.1, 0.15) is 5.60 Å². The Morgan fingerprint density at radius 2 is 2.18 bits per heavy atom. The van der Waals surface area contributed by atoms with Crippen LogP contribution in [0.25, 0.3) is 0 Å². The summed E-state index contributed by atoms with van der Waals surface area (Å²) in [6.45, 7) is 5.40. The van der Waals surface area contributed by atoms with Crippen molar-refractivity contribution in [3.8, 4) is 0 Å². The van der Waals surface area contributed by atoms with Gasteiger partial charge in [-0.25, -0.2) is 4.79 Å². The molecule has 1 aromatic carbocycles. The first-order valence-corrected chi connectivity index (χ1v) is 8.16. The summed E-state index contributed by atoms with van der Waals surface area (Å²) >= 11 is 0. The summed E-state index contributed by atoms with van der Waals surface area (Å²) < 4.78 is 16.7. The average Bonchev–Trinajstić information content (AvgIpc) is 2.74. The molecule has 0 spiro atoms.